The van der Waals surface area contributed by atoms with Crippen molar-refractivity contribution < 1.29 is 9.90 Å². The molecule has 7 heteroatoms. The van der Waals surface area contributed by atoms with Crippen molar-refractivity contribution >= 4 is 11.8 Å². The Labute approximate surface area is 128 Å². The molecule has 1 fully saturated rings. The maximum absolute atomic E-state index is 11.5. The first kappa shape index (κ1) is 14.4. The van der Waals surface area contributed by atoms with Crippen LogP contribution in [0.1, 0.15) is 25.0 Å². The molecule has 7 nitrogen and oxygen atoms in total. The smallest absolute Gasteiger partial charge is 0.326 e. The second-order valence-electron chi connectivity index (χ2n) is 5.32. The fraction of sp³-hybridized carbons (Fsp3) is 0.400. The summed E-state index contributed by atoms with van der Waals surface area (Å²) in [5, 5.41) is 9.42. The molecular weight excluding hydrogens is 282 g/mol. The number of aliphatic carboxylic acids is 1. The molecular formula is C15H17N5O2. The first-order valence-corrected chi connectivity index (χ1v) is 7.26. The van der Waals surface area contributed by atoms with Gasteiger partial charge in [0, 0.05) is 30.7 Å². The second kappa shape index (κ2) is 6.05. The highest BCUT2D eigenvalue weighted by atomic mass is 16.4. The first-order chi connectivity index (χ1) is 10.6. The van der Waals surface area contributed by atoms with Crippen molar-refractivity contribution in [2.24, 2.45) is 0 Å². The number of hydrogen-bond donors (Lipinski definition) is 1. The van der Waals surface area contributed by atoms with Gasteiger partial charge in [-0.2, -0.15) is 0 Å². The summed E-state index contributed by atoms with van der Waals surface area (Å²) in [6.07, 6.45) is 7.30. The van der Waals surface area contributed by atoms with E-state index in [4.69, 9.17) is 0 Å². The summed E-state index contributed by atoms with van der Waals surface area (Å²) >= 11 is 0. The number of carboxylic acids is 1. The Morgan fingerprint density at radius 3 is 2.91 bits per heavy atom. The van der Waals surface area contributed by atoms with Gasteiger partial charge in [-0.25, -0.2) is 19.7 Å². The van der Waals surface area contributed by atoms with Gasteiger partial charge in [0.1, 0.15) is 17.6 Å². The van der Waals surface area contributed by atoms with E-state index in [0.717, 1.165) is 18.5 Å². The zero-order valence-corrected chi connectivity index (χ0v) is 12.3. The minimum absolute atomic E-state index is 0.470. The van der Waals surface area contributed by atoms with Crippen LogP contribution in [0.3, 0.4) is 0 Å². The minimum atomic E-state index is -0.808. The van der Waals surface area contributed by atoms with E-state index in [1.807, 2.05) is 17.9 Å². The summed E-state index contributed by atoms with van der Waals surface area (Å²) in [6, 6.07) is 1.29. The van der Waals surface area contributed by atoms with Crippen LogP contribution in [-0.4, -0.2) is 43.6 Å². The lowest BCUT2D eigenvalue weighted by Gasteiger charge is -2.34. The second-order valence-corrected chi connectivity index (χ2v) is 5.32. The molecule has 0 aliphatic carbocycles. The lowest BCUT2D eigenvalue weighted by atomic mass is 10.0. The van der Waals surface area contributed by atoms with E-state index in [2.05, 4.69) is 19.9 Å². The number of nitrogens with zero attached hydrogens (tertiary/aromatic N) is 5. The lowest BCUT2D eigenvalue weighted by molar-refractivity contribution is -0.139. The van der Waals surface area contributed by atoms with E-state index in [-0.39, 0.29) is 0 Å². The molecule has 3 heterocycles. The van der Waals surface area contributed by atoms with Crippen molar-refractivity contribution in [3.8, 4) is 11.5 Å². The SMILES string of the molecule is Cc1cc(N2CCCCC2C(=O)O)nc(-c2cnccn2)n1. The average Bonchev–Trinajstić information content (AvgIpc) is 2.55. The predicted molar refractivity (Wildman–Crippen MR) is 80.4 cm³/mol. The van der Waals surface area contributed by atoms with Crippen molar-refractivity contribution in [3.63, 3.8) is 0 Å². The molecule has 114 valence electrons. The molecule has 1 saturated heterocycles. The van der Waals surface area contributed by atoms with Crippen LogP contribution in [-0.2, 0) is 4.79 Å². The Bertz CT molecular complexity index is 677. The van der Waals surface area contributed by atoms with E-state index in [1.54, 1.807) is 18.6 Å². The van der Waals surface area contributed by atoms with Gasteiger partial charge >= 0.3 is 5.97 Å². The fourth-order valence-electron chi connectivity index (χ4n) is 2.69. The first-order valence-electron chi connectivity index (χ1n) is 7.26. The molecule has 3 rings (SSSR count). The zero-order chi connectivity index (χ0) is 15.5. The Hall–Kier alpha value is -2.57. The van der Waals surface area contributed by atoms with Crippen molar-refractivity contribution in [2.45, 2.75) is 32.2 Å². The number of carboxylic acid groups (broad SMARTS) is 1. The van der Waals surface area contributed by atoms with Gasteiger partial charge in [-0.1, -0.05) is 0 Å². The van der Waals surface area contributed by atoms with Crippen LogP contribution >= 0.6 is 0 Å². The number of anilines is 1. The summed E-state index contributed by atoms with van der Waals surface area (Å²) in [6.45, 7) is 2.55. The highest BCUT2D eigenvalue weighted by Crippen LogP contribution is 2.25. The number of piperidine rings is 1. The Morgan fingerprint density at radius 1 is 1.32 bits per heavy atom. The third kappa shape index (κ3) is 2.88. The maximum Gasteiger partial charge on any atom is 0.326 e. The average molecular weight is 299 g/mol. The van der Waals surface area contributed by atoms with Gasteiger partial charge in [0.25, 0.3) is 0 Å². The van der Waals surface area contributed by atoms with Gasteiger partial charge in [0.2, 0.25) is 0 Å². The molecule has 1 atom stereocenters. The van der Waals surface area contributed by atoms with Crippen molar-refractivity contribution in [3.05, 3.63) is 30.4 Å². The monoisotopic (exact) mass is 299 g/mol. The molecule has 1 unspecified atom stereocenters. The summed E-state index contributed by atoms with van der Waals surface area (Å²) in [5.74, 6) is 0.301. The maximum atomic E-state index is 11.5. The number of rotatable bonds is 3. The van der Waals surface area contributed by atoms with Crippen LogP contribution in [0.25, 0.3) is 11.5 Å². The van der Waals surface area contributed by atoms with Crippen LogP contribution in [0.5, 0.6) is 0 Å². The molecule has 0 radical (unpaired) electrons. The number of aromatic nitrogens is 4. The molecule has 1 aliphatic rings. The molecule has 2 aromatic heterocycles. The Morgan fingerprint density at radius 2 is 2.18 bits per heavy atom. The van der Waals surface area contributed by atoms with Crippen LogP contribution in [0.15, 0.2) is 24.7 Å². The standard InChI is InChI=1S/C15H17N5O2/c1-10-8-13(20-7-3-2-4-12(20)15(21)22)19-14(18-10)11-9-16-5-6-17-11/h5-6,8-9,12H,2-4,7H2,1H3,(H,21,22). The van der Waals surface area contributed by atoms with Crippen LogP contribution < -0.4 is 4.90 Å². The van der Waals surface area contributed by atoms with Crippen molar-refractivity contribution in [1.82, 2.24) is 19.9 Å². The van der Waals surface area contributed by atoms with E-state index in [1.165, 1.54) is 0 Å². The number of hydrogen-bond acceptors (Lipinski definition) is 6. The third-order valence-corrected chi connectivity index (χ3v) is 3.72. The highest BCUT2D eigenvalue weighted by Gasteiger charge is 2.29. The van der Waals surface area contributed by atoms with Crippen LogP contribution in [0.4, 0.5) is 5.82 Å². The number of aryl methyl sites for hydroxylation is 1. The van der Waals surface area contributed by atoms with Gasteiger partial charge in [-0.15, -0.1) is 0 Å². The number of carbonyl (C=O) groups is 1. The molecule has 0 spiro atoms. The van der Waals surface area contributed by atoms with Gasteiger partial charge in [0.05, 0.1) is 6.20 Å². The van der Waals surface area contributed by atoms with E-state index >= 15 is 0 Å². The summed E-state index contributed by atoms with van der Waals surface area (Å²) in [7, 11) is 0. The Balaban J connectivity index is 2.00. The molecule has 0 bridgehead atoms. The van der Waals surface area contributed by atoms with Gasteiger partial charge in [-0.05, 0) is 26.2 Å². The molecule has 1 aliphatic heterocycles. The van der Waals surface area contributed by atoms with Crippen LogP contribution in [0, 0.1) is 6.92 Å². The molecule has 1 N–H and O–H groups in total. The topological polar surface area (TPSA) is 92.1 Å². The largest absolute Gasteiger partial charge is 0.480 e. The van der Waals surface area contributed by atoms with E-state index in [0.29, 0.717) is 30.3 Å². The van der Waals surface area contributed by atoms with Gasteiger partial charge < -0.3 is 10.0 Å². The molecule has 0 aromatic carbocycles. The van der Waals surface area contributed by atoms with E-state index < -0.39 is 12.0 Å². The lowest BCUT2D eigenvalue weighted by Crippen LogP contribution is -2.45. The van der Waals surface area contributed by atoms with Crippen molar-refractivity contribution in [2.75, 3.05) is 11.4 Å². The van der Waals surface area contributed by atoms with Crippen molar-refractivity contribution in [1.29, 1.82) is 0 Å². The summed E-state index contributed by atoms with van der Waals surface area (Å²) in [4.78, 5) is 30.4. The van der Waals surface area contributed by atoms with Gasteiger partial charge in [-0.3, -0.25) is 4.98 Å². The third-order valence-electron chi connectivity index (χ3n) is 3.72. The minimum Gasteiger partial charge on any atom is -0.480 e. The molecule has 2 aromatic rings. The Kier molecular flexibility index (Phi) is 3.95. The molecule has 22 heavy (non-hydrogen) atoms. The predicted octanol–water partition coefficient (Wildman–Crippen LogP) is 1.69. The fourth-order valence-corrected chi connectivity index (χ4v) is 2.69. The summed E-state index contributed by atoms with van der Waals surface area (Å²) < 4.78 is 0. The van der Waals surface area contributed by atoms with E-state index in [9.17, 15) is 9.90 Å². The molecule has 0 amide bonds. The highest BCUT2D eigenvalue weighted by molar-refractivity contribution is 5.78. The quantitative estimate of drug-likeness (QED) is 0.921. The van der Waals surface area contributed by atoms with Crippen LogP contribution in [0.2, 0.25) is 0 Å². The summed E-state index contributed by atoms with van der Waals surface area (Å²) in [5.41, 5.74) is 1.36. The zero-order valence-electron chi connectivity index (χ0n) is 12.3. The molecule has 0 saturated carbocycles. The normalized spacial score (nSPS) is 18.2. The van der Waals surface area contributed by atoms with Gasteiger partial charge in [0.15, 0.2) is 5.82 Å².